The van der Waals surface area contributed by atoms with Crippen LogP contribution in [-0.4, -0.2) is 25.2 Å². The molecule has 4 heteroatoms. The van der Waals surface area contributed by atoms with Crippen LogP contribution in [0.1, 0.15) is 50.3 Å². The van der Waals surface area contributed by atoms with Crippen molar-refractivity contribution in [1.82, 2.24) is 0 Å². The highest BCUT2D eigenvalue weighted by molar-refractivity contribution is 6.05. The molecule has 0 fully saturated rings. The first kappa shape index (κ1) is 18.2. The number of rotatable bonds is 6. The maximum absolute atomic E-state index is 12.6. The van der Waals surface area contributed by atoms with Crippen LogP contribution in [0, 0.1) is 18.8 Å². The number of fused-ring (bicyclic) bond motifs is 1. The second kappa shape index (κ2) is 7.65. The van der Waals surface area contributed by atoms with Crippen LogP contribution in [0.15, 0.2) is 23.8 Å². The Morgan fingerprint density at radius 1 is 1.04 bits per heavy atom. The first-order chi connectivity index (χ1) is 11.3. The molecular formula is C20H26O4. The third kappa shape index (κ3) is 4.25. The van der Waals surface area contributed by atoms with Gasteiger partial charge in [-0.2, -0.15) is 0 Å². The molecule has 0 aliphatic heterocycles. The van der Waals surface area contributed by atoms with Crippen LogP contribution in [0.4, 0.5) is 0 Å². The van der Waals surface area contributed by atoms with Gasteiger partial charge in [-0.15, -0.1) is 0 Å². The van der Waals surface area contributed by atoms with E-state index in [-0.39, 0.29) is 17.8 Å². The zero-order valence-electron chi connectivity index (χ0n) is 15.1. The van der Waals surface area contributed by atoms with Crippen molar-refractivity contribution in [3.63, 3.8) is 0 Å². The topological polar surface area (TPSA) is 52.6 Å². The van der Waals surface area contributed by atoms with Crippen LogP contribution in [-0.2, 0) is 19.1 Å². The van der Waals surface area contributed by atoms with Crippen molar-refractivity contribution >= 4 is 18.0 Å². The molecule has 130 valence electrons. The number of carbonyl (C=O) groups is 2. The average Bonchev–Trinajstić information content (AvgIpc) is 2.88. The molecular weight excluding hydrogens is 304 g/mol. The molecule has 0 saturated heterocycles. The SMILES string of the molecule is Cc1ccc2c(c1)C(C(=O)OCC(C)C)C(C(=O)OCC(C)C)=C2. The number of carbonyl (C=O) groups excluding carboxylic acids is 2. The van der Waals surface area contributed by atoms with Crippen LogP contribution in [0.5, 0.6) is 0 Å². The van der Waals surface area contributed by atoms with Crippen LogP contribution >= 0.6 is 0 Å². The minimum atomic E-state index is -0.696. The minimum absolute atomic E-state index is 0.243. The first-order valence-corrected chi connectivity index (χ1v) is 8.45. The Balaban J connectivity index is 2.27. The van der Waals surface area contributed by atoms with E-state index >= 15 is 0 Å². The van der Waals surface area contributed by atoms with Crippen LogP contribution in [0.25, 0.3) is 6.08 Å². The Morgan fingerprint density at radius 3 is 2.29 bits per heavy atom. The molecule has 0 saturated carbocycles. The molecule has 1 aromatic rings. The van der Waals surface area contributed by atoms with Gasteiger partial charge in [0, 0.05) is 0 Å². The standard InChI is InChI=1S/C20H26O4/c1-12(2)10-23-19(21)17-9-15-7-6-14(5)8-16(15)18(17)20(22)24-11-13(3)4/h6-9,12-13,18H,10-11H2,1-5H3. The summed E-state index contributed by atoms with van der Waals surface area (Å²) in [5.41, 5.74) is 3.11. The quantitative estimate of drug-likeness (QED) is 0.743. The molecule has 0 amide bonds. The van der Waals surface area contributed by atoms with Crippen LogP contribution < -0.4 is 0 Å². The van der Waals surface area contributed by atoms with Crippen molar-refractivity contribution in [3.05, 3.63) is 40.5 Å². The molecule has 0 radical (unpaired) electrons. The molecule has 1 aliphatic rings. The van der Waals surface area contributed by atoms with Crippen molar-refractivity contribution in [2.45, 2.75) is 40.5 Å². The van der Waals surface area contributed by atoms with Gasteiger partial charge in [-0.25, -0.2) is 4.79 Å². The lowest BCUT2D eigenvalue weighted by molar-refractivity contribution is -0.148. The molecule has 4 nitrogen and oxygen atoms in total. The monoisotopic (exact) mass is 330 g/mol. The highest BCUT2D eigenvalue weighted by Crippen LogP contribution is 2.38. The summed E-state index contributed by atoms with van der Waals surface area (Å²) in [5, 5.41) is 0. The van der Waals surface area contributed by atoms with Gasteiger partial charge in [0.1, 0.15) is 5.92 Å². The lowest BCUT2D eigenvalue weighted by Crippen LogP contribution is -2.23. The normalized spacial score (nSPS) is 16.1. The summed E-state index contributed by atoms with van der Waals surface area (Å²) in [6.07, 6.45) is 1.75. The van der Waals surface area contributed by atoms with Gasteiger partial charge in [-0.05, 0) is 36.0 Å². The van der Waals surface area contributed by atoms with E-state index in [1.165, 1.54) is 0 Å². The molecule has 0 bridgehead atoms. The molecule has 1 unspecified atom stereocenters. The zero-order chi connectivity index (χ0) is 17.9. The van der Waals surface area contributed by atoms with Gasteiger partial charge >= 0.3 is 11.9 Å². The third-order valence-corrected chi connectivity index (χ3v) is 3.75. The molecule has 0 heterocycles. The zero-order valence-corrected chi connectivity index (χ0v) is 15.1. The number of hydrogen-bond acceptors (Lipinski definition) is 4. The number of esters is 2. The summed E-state index contributed by atoms with van der Waals surface area (Å²) in [6, 6.07) is 5.83. The number of ether oxygens (including phenoxy) is 2. The predicted octanol–water partition coefficient (Wildman–Crippen LogP) is 3.87. The van der Waals surface area contributed by atoms with E-state index in [0.717, 1.165) is 16.7 Å². The van der Waals surface area contributed by atoms with Crippen molar-refractivity contribution in [2.24, 2.45) is 11.8 Å². The van der Waals surface area contributed by atoms with Crippen molar-refractivity contribution in [3.8, 4) is 0 Å². The van der Waals surface area contributed by atoms with Gasteiger partial charge in [0.05, 0.1) is 18.8 Å². The lowest BCUT2D eigenvalue weighted by Gasteiger charge is -2.17. The van der Waals surface area contributed by atoms with Gasteiger partial charge in [0.25, 0.3) is 0 Å². The molecule has 0 spiro atoms. The second-order valence-electron chi connectivity index (χ2n) is 7.18. The van der Waals surface area contributed by atoms with E-state index in [1.54, 1.807) is 6.08 Å². The van der Waals surface area contributed by atoms with Crippen molar-refractivity contribution < 1.29 is 19.1 Å². The van der Waals surface area contributed by atoms with Gasteiger partial charge in [-0.3, -0.25) is 4.79 Å². The average molecular weight is 330 g/mol. The van der Waals surface area contributed by atoms with Gasteiger partial charge in [-0.1, -0.05) is 51.5 Å². The maximum Gasteiger partial charge on any atom is 0.335 e. The Bertz CT molecular complexity index is 656. The van der Waals surface area contributed by atoms with E-state index in [0.29, 0.717) is 18.8 Å². The van der Waals surface area contributed by atoms with E-state index in [4.69, 9.17) is 9.47 Å². The Labute approximate surface area is 143 Å². The van der Waals surface area contributed by atoms with E-state index in [9.17, 15) is 9.59 Å². The highest BCUT2D eigenvalue weighted by atomic mass is 16.5. The molecule has 0 N–H and O–H groups in total. The van der Waals surface area contributed by atoms with Crippen LogP contribution in [0.3, 0.4) is 0 Å². The fourth-order valence-corrected chi connectivity index (χ4v) is 2.58. The van der Waals surface area contributed by atoms with Gasteiger partial charge < -0.3 is 9.47 Å². The second-order valence-corrected chi connectivity index (χ2v) is 7.18. The van der Waals surface area contributed by atoms with Crippen molar-refractivity contribution in [2.75, 3.05) is 13.2 Å². The highest BCUT2D eigenvalue weighted by Gasteiger charge is 2.37. The summed E-state index contributed by atoms with van der Waals surface area (Å²) >= 11 is 0. The summed E-state index contributed by atoms with van der Waals surface area (Å²) in [5.74, 6) is -1.04. The maximum atomic E-state index is 12.6. The van der Waals surface area contributed by atoms with E-state index < -0.39 is 11.9 Å². The summed E-state index contributed by atoms with van der Waals surface area (Å²) in [7, 11) is 0. The minimum Gasteiger partial charge on any atom is -0.465 e. The Kier molecular flexibility index (Phi) is 5.81. The summed E-state index contributed by atoms with van der Waals surface area (Å²) < 4.78 is 10.7. The lowest BCUT2D eigenvalue weighted by atomic mass is 9.94. The largest absolute Gasteiger partial charge is 0.465 e. The summed E-state index contributed by atoms with van der Waals surface area (Å²) in [6.45, 7) is 10.5. The molecule has 0 aromatic heterocycles. The molecule has 1 aromatic carbocycles. The van der Waals surface area contributed by atoms with E-state index in [2.05, 4.69) is 0 Å². The molecule has 24 heavy (non-hydrogen) atoms. The van der Waals surface area contributed by atoms with Gasteiger partial charge in [0.15, 0.2) is 0 Å². The number of hydrogen-bond donors (Lipinski definition) is 0. The molecule has 2 rings (SSSR count). The summed E-state index contributed by atoms with van der Waals surface area (Å²) in [4.78, 5) is 25.1. The fraction of sp³-hybridized carbons (Fsp3) is 0.500. The van der Waals surface area contributed by atoms with Crippen LogP contribution in [0.2, 0.25) is 0 Å². The van der Waals surface area contributed by atoms with Gasteiger partial charge in [0.2, 0.25) is 0 Å². The number of benzene rings is 1. The molecule has 1 aliphatic carbocycles. The van der Waals surface area contributed by atoms with Crippen molar-refractivity contribution in [1.29, 1.82) is 0 Å². The predicted molar refractivity (Wildman–Crippen MR) is 93.5 cm³/mol. The fourth-order valence-electron chi connectivity index (χ4n) is 2.58. The number of aryl methyl sites for hydroxylation is 1. The molecule has 1 atom stereocenters. The third-order valence-electron chi connectivity index (χ3n) is 3.75. The Hall–Kier alpha value is -2.10. The smallest absolute Gasteiger partial charge is 0.335 e. The Morgan fingerprint density at radius 2 is 1.67 bits per heavy atom. The van der Waals surface area contributed by atoms with E-state index in [1.807, 2.05) is 52.8 Å². The first-order valence-electron chi connectivity index (χ1n) is 8.45.